The number of methoxy groups -OCH3 is 1. The summed E-state index contributed by atoms with van der Waals surface area (Å²) in [7, 11) is 1.55. The average Bonchev–Trinajstić information content (AvgIpc) is 2.54. The quantitative estimate of drug-likeness (QED) is 0.738. The number of nitrogens with one attached hydrogen (secondary N) is 1. The summed E-state index contributed by atoms with van der Waals surface area (Å²) in [6.45, 7) is 3.71. The molecule has 0 saturated heterocycles. The maximum atomic E-state index is 12.1. The van der Waals surface area contributed by atoms with Crippen LogP contribution in [0.3, 0.4) is 0 Å². The van der Waals surface area contributed by atoms with E-state index < -0.39 is 11.7 Å². The molecular weight excluding hydrogens is 218 g/mol. The Hall–Kier alpha value is -0.610. The van der Waals surface area contributed by atoms with Crippen LogP contribution in [0.5, 0.6) is 0 Å². The SMILES string of the molecule is CCC(C)(OC)C(=O)NC1CCCCCC1O. The smallest absolute Gasteiger partial charge is 0.252 e. The Morgan fingerprint density at radius 1 is 1.41 bits per heavy atom. The van der Waals surface area contributed by atoms with E-state index in [1.807, 2.05) is 6.92 Å². The summed E-state index contributed by atoms with van der Waals surface area (Å²) in [5.41, 5.74) is -0.786. The van der Waals surface area contributed by atoms with Crippen molar-refractivity contribution in [3.05, 3.63) is 0 Å². The van der Waals surface area contributed by atoms with Crippen molar-refractivity contribution in [2.45, 2.75) is 70.1 Å². The lowest BCUT2D eigenvalue weighted by Gasteiger charge is -2.29. The van der Waals surface area contributed by atoms with Gasteiger partial charge >= 0.3 is 0 Å². The van der Waals surface area contributed by atoms with Crippen LogP contribution in [-0.2, 0) is 9.53 Å². The largest absolute Gasteiger partial charge is 0.391 e. The number of carbonyl (C=O) groups excluding carboxylic acids is 1. The van der Waals surface area contributed by atoms with Gasteiger partial charge in [0.2, 0.25) is 0 Å². The summed E-state index contributed by atoms with van der Waals surface area (Å²) in [5, 5.41) is 12.9. The summed E-state index contributed by atoms with van der Waals surface area (Å²) >= 11 is 0. The number of aliphatic hydroxyl groups is 1. The molecule has 100 valence electrons. The molecular formula is C13H25NO3. The summed E-state index contributed by atoms with van der Waals surface area (Å²) in [4.78, 5) is 12.1. The zero-order valence-electron chi connectivity index (χ0n) is 11.2. The first kappa shape index (κ1) is 14.5. The summed E-state index contributed by atoms with van der Waals surface area (Å²) in [6.07, 6.45) is 5.09. The first-order chi connectivity index (χ1) is 8.03. The molecule has 4 nitrogen and oxygen atoms in total. The Kier molecular flexibility index (Phi) is 5.40. The third kappa shape index (κ3) is 3.68. The maximum Gasteiger partial charge on any atom is 0.252 e. The molecule has 0 heterocycles. The van der Waals surface area contributed by atoms with Crippen LogP contribution in [0.4, 0.5) is 0 Å². The molecule has 17 heavy (non-hydrogen) atoms. The van der Waals surface area contributed by atoms with E-state index in [0.717, 1.165) is 32.1 Å². The van der Waals surface area contributed by atoms with Crippen LogP contribution < -0.4 is 5.32 Å². The van der Waals surface area contributed by atoms with E-state index in [2.05, 4.69) is 5.32 Å². The lowest BCUT2D eigenvalue weighted by atomic mass is 9.99. The Labute approximate surface area is 104 Å². The van der Waals surface area contributed by atoms with Crippen molar-refractivity contribution in [2.75, 3.05) is 7.11 Å². The molecule has 1 fully saturated rings. The van der Waals surface area contributed by atoms with Gasteiger partial charge in [-0.3, -0.25) is 4.79 Å². The fourth-order valence-electron chi connectivity index (χ4n) is 2.18. The van der Waals surface area contributed by atoms with Crippen LogP contribution in [-0.4, -0.2) is 35.9 Å². The van der Waals surface area contributed by atoms with Gasteiger partial charge in [-0.25, -0.2) is 0 Å². The van der Waals surface area contributed by atoms with Crippen molar-refractivity contribution >= 4 is 5.91 Å². The Bertz CT molecular complexity index is 251. The van der Waals surface area contributed by atoms with Crippen LogP contribution >= 0.6 is 0 Å². The average molecular weight is 243 g/mol. The monoisotopic (exact) mass is 243 g/mol. The van der Waals surface area contributed by atoms with E-state index in [1.54, 1.807) is 14.0 Å². The normalized spacial score (nSPS) is 29.2. The van der Waals surface area contributed by atoms with Gasteiger partial charge in [0, 0.05) is 7.11 Å². The fraction of sp³-hybridized carbons (Fsp3) is 0.923. The predicted octanol–water partition coefficient (Wildman–Crippen LogP) is 1.61. The number of hydrogen-bond acceptors (Lipinski definition) is 3. The predicted molar refractivity (Wildman–Crippen MR) is 66.7 cm³/mol. The first-order valence-electron chi connectivity index (χ1n) is 6.57. The minimum Gasteiger partial charge on any atom is -0.391 e. The standard InChI is InChI=1S/C13H25NO3/c1-4-13(2,17-3)12(16)14-10-8-6-5-7-9-11(10)15/h10-11,15H,4-9H2,1-3H3,(H,14,16). The molecule has 0 aliphatic heterocycles. The van der Waals surface area contributed by atoms with Crippen LogP contribution in [0.1, 0.15) is 52.4 Å². The molecule has 0 spiro atoms. The van der Waals surface area contributed by atoms with Crippen molar-refractivity contribution in [2.24, 2.45) is 0 Å². The van der Waals surface area contributed by atoms with E-state index in [-0.39, 0.29) is 11.9 Å². The third-order valence-corrected chi connectivity index (χ3v) is 3.90. The number of amides is 1. The molecule has 1 aliphatic rings. The van der Waals surface area contributed by atoms with Gasteiger partial charge in [-0.2, -0.15) is 0 Å². The van der Waals surface area contributed by atoms with Gasteiger partial charge < -0.3 is 15.2 Å². The molecule has 1 aliphatic carbocycles. The van der Waals surface area contributed by atoms with Crippen LogP contribution in [0.2, 0.25) is 0 Å². The molecule has 0 aromatic carbocycles. The Morgan fingerprint density at radius 2 is 2.06 bits per heavy atom. The van der Waals surface area contributed by atoms with E-state index in [0.29, 0.717) is 6.42 Å². The Morgan fingerprint density at radius 3 is 2.65 bits per heavy atom. The molecule has 1 rings (SSSR count). The van der Waals surface area contributed by atoms with Gasteiger partial charge in [0.15, 0.2) is 0 Å². The molecule has 3 unspecified atom stereocenters. The maximum absolute atomic E-state index is 12.1. The lowest BCUT2D eigenvalue weighted by Crippen LogP contribution is -2.52. The van der Waals surface area contributed by atoms with Gasteiger partial charge in [0.25, 0.3) is 5.91 Å². The van der Waals surface area contributed by atoms with Gasteiger partial charge in [-0.05, 0) is 26.2 Å². The van der Waals surface area contributed by atoms with Crippen molar-refractivity contribution in [1.82, 2.24) is 5.32 Å². The highest BCUT2D eigenvalue weighted by Crippen LogP contribution is 2.20. The van der Waals surface area contributed by atoms with Crippen LogP contribution in [0.25, 0.3) is 0 Å². The van der Waals surface area contributed by atoms with E-state index in [4.69, 9.17) is 4.74 Å². The second-order valence-corrected chi connectivity index (χ2v) is 5.07. The lowest BCUT2D eigenvalue weighted by molar-refractivity contribution is -0.143. The number of rotatable bonds is 4. The zero-order chi connectivity index (χ0) is 12.9. The number of hydrogen-bond donors (Lipinski definition) is 2. The molecule has 4 heteroatoms. The number of aliphatic hydroxyl groups excluding tert-OH is 1. The Balaban J connectivity index is 2.59. The second kappa shape index (κ2) is 6.36. The molecule has 1 amide bonds. The van der Waals surface area contributed by atoms with Crippen LogP contribution in [0.15, 0.2) is 0 Å². The van der Waals surface area contributed by atoms with Crippen LogP contribution in [0, 0.1) is 0 Å². The van der Waals surface area contributed by atoms with Crippen molar-refractivity contribution < 1.29 is 14.6 Å². The summed E-state index contributed by atoms with van der Waals surface area (Å²) in [5.74, 6) is -0.117. The summed E-state index contributed by atoms with van der Waals surface area (Å²) in [6, 6.07) is -0.119. The third-order valence-electron chi connectivity index (χ3n) is 3.90. The molecule has 0 radical (unpaired) electrons. The minimum atomic E-state index is -0.786. The van der Waals surface area contributed by atoms with Gasteiger partial charge in [-0.15, -0.1) is 0 Å². The van der Waals surface area contributed by atoms with Gasteiger partial charge in [0.1, 0.15) is 5.60 Å². The molecule has 1 saturated carbocycles. The molecule has 0 aromatic heterocycles. The minimum absolute atomic E-state index is 0.117. The van der Waals surface area contributed by atoms with Crippen molar-refractivity contribution in [3.63, 3.8) is 0 Å². The van der Waals surface area contributed by atoms with Gasteiger partial charge in [0.05, 0.1) is 12.1 Å². The number of ether oxygens (including phenoxy) is 1. The highest BCUT2D eigenvalue weighted by Gasteiger charge is 2.34. The molecule has 0 aromatic rings. The van der Waals surface area contributed by atoms with E-state index in [9.17, 15) is 9.90 Å². The summed E-state index contributed by atoms with van der Waals surface area (Å²) < 4.78 is 5.26. The number of carbonyl (C=O) groups is 1. The highest BCUT2D eigenvalue weighted by atomic mass is 16.5. The van der Waals surface area contributed by atoms with E-state index >= 15 is 0 Å². The second-order valence-electron chi connectivity index (χ2n) is 5.07. The zero-order valence-corrected chi connectivity index (χ0v) is 11.2. The van der Waals surface area contributed by atoms with Crippen molar-refractivity contribution in [3.8, 4) is 0 Å². The van der Waals surface area contributed by atoms with Gasteiger partial charge in [-0.1, -0.05) is 26.2 Å². The molecule has 2 N–H and O–H groups in total. The highest BCUT2D eigenvalue weighted by molar-refractivity contribution is 5.85. The van der Waals surface area contributed by atoms with Crippen molar-refractivity contribution in [1.29, 1.82) is 0 Å². The fourth-order valence-corrected chi connectivity index (χ4v) is 2.18. The molecule has 3 atom stereocenters. The topological polar surface area (TPSA) is 58.6 Å². The van der Waals surface area contributed by atoms with E-state index in [1.165, 1.54) is 0 Å². The molecule has 0 bridgehead atoms. The first-order valence-corrected chi connectivity index (χ1v) is 6.57.